The summed E-state index contributed by atoms with van der Waals surface area (Å²) in [5.74, 6) is -0.485. The number of esters is 1. The Labute approximate surface area is 175 Å². The molecular weight excluding hydrogens is 443 g/mol. The summed E-state index contributed by atoms with van der Waals surface area (Å²) in [7, 11) is -4.51. The Morgan fingerprint density at radius 1 is 1.16 bits per heavy atom. The summed E-state index contributed by atoms with van der Waals surface area (Å²) in [6.07, 6.45) is -5.22. The molecule has 0 fully saturated rings. The Morgan fingerprint density at radius 2 is 1.77 bits per heavy atom. The number of alkyl halides is 3. The fourth-order valence-corrected chi connectivity index (χ4v) is 3.86. The van der Waals surface area contributed by atoms with Crippen LogP contribution in [0.5, 0.6) is 5.75 Å². The zero-order valence-corrected chi connectivity index (χ0v) is 17.2. The largest absolute Gasteiger partial charge is 0.479 e. The van der Waals surface area contributed by atoms with E-state index in [0.29, 0.717) is 18.6 Å². The van der Waals surface area contributed by atoms with Crippen molar-refractivity contribution in [2.45, 2.75) is 42.3 Å². The Hall–Kier alpha value is -3.15. The highest BCUT2D eigenvalue weighted by Gasteiger charge is 2.35. The average molecular weight is 461 g/mol. The Bertz CT molecular complexity index is 1070. The van der Waals surface area contributed by atoms with Crippen LogP contribution in [-0.4, -0.2) is 32.0 Å². The molecule has 8 nitrogen and oxygen atoms in total. The van der Waals surface area contributed by atoms with E-state index in [-0.39, 0.29) is 18.4 Å². The fourth-order valence-electron chi connectivity index (χ4n) is 2.46. The van der Waals surface area contributed by atoms with Crippen LogP contribution in [-0.2, 0) is 25.5 Å². The van der Waals surface area contributed by atoms with Gasteiger partial charge in [-0.3, -0.25) is 10.1 Å². The minimum Gasteiger partial charge on any atom is -0.479 e. The van der Waals surface area contributed by atoms with E-state index >= 15 is 0 Å². The number of carbonyl (C=O) groups excluding carboxylic acids is 1. The summed E-state index contributed by atoms with van der Waals surface area (Å²) in [5.41, 5.74) is -2.53. The maximum absolute atomic E-state index is 12.8. The number of ether oxygens (including phenoxy) is 2. The number of carbonyl (C=O) groups is 1. The lowest BCUT2D eigenvalue weighted by atomic mass is 10.2. The van der Waals surface area contributed by atoms with Crippen molar-refractivity contribution in [3.63, 3.8) is 0 Å². The van der Waals surface area contributed by atoms with Crippen LogP contribution in [0, 0.1) is 10.1 Å². The molecule has 0 aromatic heterocycles. The first-order valence-corrected chi connectivity index (χ1v) is 10.4. The van der Waals surface area contributed by atoms with Gasteiger partial charge < -0.3 is 9.47 Å². The lowest BCUT2D eigenvalue weighted by molar-refractivity contribution is -0.388. The van der Waals surface area contributed by atoms with Crippen LogP contribution < -0.4 is 4.74 Å². The molecule has 0 spiro atoms. The van der Waals surface area contributed by atoms with E-state index in [1.54, 1.807) is 0 Å². The zero-order chi connectivity index (χ0) is 23.4. The predicted octanol–water partition coefficient (Wildman–Crippen LogP) is 4.17. The molecule has 0 radical (unpaired) electrons. The van der Waals surface area contributed by atoms with Crippen LogP contribution in [0.4, 0.5) is 18.9 Å². The molecule has 0 N–H and O–H groups in total. The van der Waals surface area contributed by atoms with Crippen LogP contribution in [0.3, 0.4) is 0 Å². The van der Waals surface area contributed by atoms with Crippen LogP contribution in [0.15, 0.2) is 52.3 Å². The number of sulfone groups is 1. The maximum atomic E-state index is 12.8. The standard InChI is InChI=1S/C19H18F3NO7S/c1-3-10-29-18(24)12(2)30-14-5-7-15(8-6-14)31(27,28)17-9-4-13(19(20,21)22)11-16(17)23(25)26/h4-9,11-12H,3,10H2,1-2H3. The SMILES string of the molecule is CCCOC(=O)C(C)Oc1ccc(S(=O)(=O)c2ccc(C(F)(F)F)cc2[N+](=O)[O-])cc1. The van der Waals surface area contributed by atoms with Crippen molar-refractivity contribution in [2.75, 3.05) is 6.61 Å². The normalized spacial score (nSPS) is 12.8. The predicted molar refractivity (Wildman–Crippen MR) is 101 cm³/mol. The minimum atomic E-state index is -4.87. The highest BCUT2D eigenvalue weighted by Crippen LogP contribution is 2.36. The van der Waals surface area contributed by atoms with Crippen LogP contribution in [0.1, 0.15) is 25.8 Å². The first-order valence-electron chi connectivity index (χ1n) is 8.92. The van der Waals surface area contributed by atoms with Gasteiger partial charge in [0.05, 0.1) is 22.0 Å². The van der Waals surface area contributed by atoms with Gasteiger partial charge in [-0.2, -0.15) is 13.2 Å². The van der Waals surface area contributed by atoms with Gasteiger partial charge in [-0.1, -0.05) is 6.92 Å². The highest BCUT2D eigenvalue weighted by molar-refractivity contribution is 7.91. The number of nitro groups is 1. The van der Waals surface area contributed by atoms with Crippen molar-refractivity contribution in [1.29, 1.82) is 0 Å². The van der Waals surface area contributed by atoms with E-state index in [9.17, 15) is 36.5 Å². The van der Waals surface area contributed by atoms with E-state index in [2.05, 4.69) is 0 Å². The number of hydrogen-bond donors (Lipinski definition) is 0. The summed E-state index contributed by atoms with van der Waals surface area (Å²) < 4.78 is 74.4. The van der Waals surface area contributed by atoms with Gasteiger partial charge in [0, 0.05) is 6.07 Å². The quantitative estimate of drug-likeness (QED) is 0.329. The molecule has 0 aliphatic heterocycles. The number of nitro benzene ring substituents is 1. The first-order chi connectivity index (χ1) is 14.4. The molecule has 0 saturated carbocycles. The molecule has 2 aromatic rings. The number of halogens is 3. The van der Waals surface area contributed by atoms with E-state index in [0.717, 1.165) is 12.1 Å². The third-order valence-electron chi connectivity index (χ3n) is 4.00. The van der Waals surface area contributed by atoms with Gasteiger partial charge >= 0.3 is 12.1 Å². The van der Waals surface area contributed by atoms with E-state index in [1.165, 1.54) is 19.1 Å². The molecule has 0 saturated heterocycles. The molecule has 0 aliphatic carbocycles. The summed E-state index contributed by atoms with van der Waals surface area (Å²) in [6, 6.07) is 5.74. The molecular formula is C19H18F3NO7S. The number of rotatable bonds is 8. The number of nitrogens with zero attached hydrogens (tertiary/aromatic N) is 1. The van der Waals surface area contributed by atoms with Crippen molar-refractivity contribution in [2.24, 2.45) is 0 Å². The molecule has 0 aliphatic rings. The van der Waals surface area contributed by atoms with Gasteiger partial charge in [0.1, 0.15) is 10.6 Å². The first kappa shape index (κ1) is 24.1. The van der Waals surface area contributed by atoms with Gasteiger partial charge in [0.2, 0.25) is 9.84 Å². The summed E-state index contributed by atoms with van der Waals surface area (Å²) in [6.45, 7) is 3.48. The summed E-state index contributed by atoms with van der Waals surface area (Å²) in [5, 5.41) is 11.2. The second-order valence-electron chi connectivity index (χ2n) is 6.34. The van der Waals surface area contributed by atoms with Crippen molar-refractivity contribution in [3.8, 4) is 5.75 Å². The molecule has 2 aromatic carbocycles. The lowest BCUT2D eigenvalue weighted by Crippen LogP contribution is -2.26. The Balaban J connectivity index is 2.33. The second kappa shape index (κ2) is 9.33. The molecule has 1 unspecified atom stereocenters. The molecule has 168 valence electrons. The van der Waals surface area contributed by atoms with Gasteiger partial charge in [-0.05, 0) is 49.7 Å². The molecule has 1 atom stereocenters. The highest BCUT2D eigenvalue weighted by atomic mass is 32.2. The van der Waals surface area contributed by atoms with Gasteiger partial charge in [-0.15, -0.1) is 0 Å². The van der Waals surface area contributed by atoms with E-state index in [1.807, 2.05) is 6.92 Å². The van der Waals surface area contributed by atoms with Crippen LogP contribution in [0.25, 0.3) is 0 Å². The molecule has 2 rings (SSSR count). The van der Waals surface area contributed by atoms with Gasteiger partial charge in [-0.25, -0.2) is 13.2 Å². The lowest BCUT2D eigenvalue weighted by Gasteiger charge is -2.14. The average Bonchev–Trinajstić information content (AvgIpc) is 2.71. The van der Waals surface area contributed by atoms with Crippen LogP contribution >= 0.6 is 0 Å². The summed E-state index contributed by atoms with van der Waals surface area (Å²) in [4.78, 5) is 20.5. The third-order valence-corrected chi connectivity index (χ3v) is 5.82. The topological polar surface area (TPSA) is 113 Å². The summed E-state index contributed by atoms with van der Waals surface area (Å²) >= 11 is 0. The van der Waals surface area contributed by atoms with Gasteiger partial charge in [0.15, 0.2) is 6.10 Å². The smallest absolute Gasteiger partial charge is 0.416 e. The Morgan fingerprint density at radius 3 is 2.29 bits per heavy atom. The molecule has 0 amide bonds. The molecule has 12 heteroatoms. The zero-order valence-electron chi connectivity index (χ0n) is 16.4. The van der Waals surface area contributed by atoms with Gasteiger partial charge in [0.25, 0.3) is 5.69 Å². The van der Waals surface area contributed by atoms with Crippen molar-refractivity contribution < 1.29 is 40.8 Å². The minimum absolute atomic E-state index is 0.127. The molecule has 0 heterocycles. The maximum Gasteiger partial charge on any atom is 0.416 e. The molecule has 0 bridgehead atoms. The molecule has 31 heavy (non-hydrogen) atoms. The van der Waals surface area contributed by atoms with Crippen molar-refractivity contribution in [1.82, 2.24) is 0 Å². The number of hydrogen-bond acceptors (Lipinski definition) is 7. The van der Waals surface area contributed by atoms with Crippen molar-refractivity contribution in [3.05, 3.63) is 58.1 Å². The number of benzene rings is 2. The fraction of sp³-hybridized carbons (Fsp3) is 0.316. The van der Waals surface area contributed by atoms with E-state index in [4.69, 9.17) is 9.47 Å². The van der Waals surface area contributed by atoms with E-state index < -0.39 is 54.1 Å². The van der Waals surface area contributed by atoms with Crippen molar-refractivity contribution >= 4 is 21.5 Å². The van der Waals surface area contributed by atoms with Crippen LogP contribution in [0.2, 0.25) is 0 Å². The monoisotopic (exact) mass is 461 g/mol. The third kappa shape index (κ3) is 5.72. The second-order valence-corrected chi connectivity index (χ2v) is 8.26. The Kier molecular flexibility index (Phi) is 7.26.